The van der Waals surface area contributed by atoms with Crippen LogP contribution in [0.5, 0.6) is 0 Å². The van der Waals surface area contributed by atoms with Gasteiger partial charge in [0, 0.05) is 13.1 Å². The van der Waals surface area contributed by atoms with Crippen LogP contribution in [-0.2, 0) is 14.6 Å². The third-order valence-electron chi connectivity index (χ3n) is 2.64. The molecule has 1 aromatic rings. The Morgan fingerprint density at radius 2 is 2.12 bits per heavy atom. The molecule has 16 heavy (non-hydrogen) atoms. The Morgan fingerprint density at radius 3 is 2.75 bits per heavy atom. The van der Waals surface area contributed by atoms with E-state index in [4.69, 9.17) is 4.74 Å². The average Bonchev–Trinajstić information content (AvgIpc) is 2.30. The van der Waals surface area contributed by atoms with Gasteiger partial charge >= 0.3 is 0 Å². The summed E-state index contributed by atoms with van der Waals surface area (Å²) in [6.07, 6.45) is 0. The molecule has 0 saturated carbocycles. The number of rotatable bonds is 2. The zero-order valence-corrected chi connectivity index (χ0v) is 9.96. The van der Waals surface area contributed by atoms with E-state index >= 15 is 0 Å². The van der Waals surface area contributed by atoms with Crippen LogP contribution in [0.25, 0.3) is 0 Å². The van der Waals surface area contributed by atoms with Crippen LogP contribution in [0.2, 0.25) is 0 Å². The predicted octanol–water partition coefficient (Wildman–Crippen LogP) is 0.715. The van der Waals surface area contributed by atoms with E-state index in [1.807, 2.05) is 6.07 Å². The highest BCUT2D eigenvalue weighted by molar-refractivity contribution is 7.92. The lowest BCUT2D eigenvalue weighted by molar-refractivity contribution is 0.0784. The summed E-state index contributed by atoms with van der Waals surface area (Å²) in [5.41, 5.74) is -0.000904. The SMILES string of the molecule is Cc1ccccc1S(=O)(=O)C1CNCCO1. The topological polar surface area (TPSA) is 55.4 Å². The van der Waals surface area contributed by atoms with Gasteiger partial charge in [0.2, 0.25) is 9.84 Å². The Bertz CT molecular complexity index is 464. The van der Waals surface area contributed by atoms with Crippen LogP contribution < -0.4 is 5.32 Å². The van der Waals surface area contributed by atoms with Crippen LogP contribution >= 0.6 is 0 Å². The van der Waals surface area contributed by atoms with Crippen LogP contribution in [-0.4, -0.2) is 33.6 Å². The van der Waals surface area contributed by atoms with Crippen LogP contribution in [0.15, 0.2) is 29.2 Å². The van der Waals surface area contributed by atoms with Crippen LogP contribution in [0.3, 0.4) is 0 Å². The van der Waals surface area contributed by atoms with Crippen molar-refractivity contribution in [3.63, 3.8) is 0 Å². The molecule has 1 N–H and O–H groups in total. The fourth-order valence-electron chi connectivity index (χ4n) is 1.76. The Kier molecular flexibility index (Phi) is 3.28. The van der Waals surface area contributed by atoms with Gasteiger partial charge in [-0.2, -0.15) is 0 Å². The number of morpholine rings is 1. The highest BCUT2D eigenvalue weighted by Gasteiger charge is 2.30. The maximum absolute atomic E-state index is 12.2. The van der Waals surface area contributed by atoms with Crippen molar-refractivity contribution in [1.82, 2.24) is 5.32 Å². The number of benzene rings is 1. The zero-order valence-electron chi connectivity index (χ0n) is 9.14. The molecule has 0 spiro atoms. The zero-order chi connectivity index (χ0) is 11.6. The van der Waals surface area contributed by atoms with Crippen LogP contribution in [0, 0.1) is 6.92 Å². The minimum Gasteiger partial charge on any atom is -0.359 e. The molecule has 0 amide bonds. The molecule has 0 bridgehead atoms. The number of nitrogens with one attached hydrogen (secondary N) is 1. The van der Waals surface area contributed by atoms with Crippen LogP contribution in [0.4, 0.5) is 0 Å². The molecule has 1 aromatic carbocycles. The Balaban J connectivity index is 2.35. The molecule has 1 fully saturated rings. The van der Waals surface area contributed by atoms with E-state index in [1.165, 1.54) is 0 Å². The summed E-state index contributed by atoms with van der Waals surface area (Å²) >= 11 is 0. The van der Waals surface area contributed by atoms with Gasteiger partial charge in [-0.1, -0.05) is 18.2 Å². The van der Waals surface area contributed by atoms with E-state index in [9.17, 15) is 8.42 Å². The van der Waals surface area contributed by atoms with Gasteiger partial charge < -0.3 is 10.1 Å². The molecule has 88 valence electrons. The lowest BCUT2D eigenvalue weighted by Crippen LogP contribution is -2.43. The quantitative estimate of drug-likeness (QED) is 0.828. The van der Waals surface area contributed by atoms with Gasteiger partial charge in [0.15, 0.2) is 5.44 Å². The summed E-state index contributed by atoms with van der Waals surface area (Å²) in [6, 6.07) is 6.98. The van der Waals surface area contributed by atoms with Crippen molar-refractivity contribution >= 4 is 9.84 Å². The first-order valence-electron chi connectivity index (χ1n) is 5.24. The number of hydrogen-bond donors (Lipinski definition) is 1. The normalized spacial score (nSPS) is 21.9. The van der Waals surface area contributed by atoms with E-state index in [2.05, 4.69) is 5.32 Å². The fraction of sp³-hybridized carbons (Fsp3) is 0.455. The standard InChI is InChI=1S/C11H15NO3S/c1-9-4-2-3-5-10(9)16(13,14)11-8-12-6-7-15-11/h2-5,11-12H,6-8H2,1H3. The maximum Gasteiger partial charge on any atom is 0.206 e. The van der Waals surface area contributed by atoms with Crippen molar-refractivity contribution in [1.29, 1.82) is 0 Å². The highest BCUT2D eigenvalue weighted by Crippen LogP contribution is 2.21. The van der Waals surface area contributed by atoms with E-state index in [0.717, 1.165) is 5.56 Å². The highest BCUT2D eigenvalue weighted by atomic mass is 32.2. The van der Waals surface area contributed by atoms with Gasteiger partial charge in [0.1, 0.15) is 0 Å². The van der Waals surface area contributed by atoms with Gasteiger partial charge in [-0.25, -0.2) is 8.42 Å². The van der Waals surface area contributed by atoms with Crippen molar-refractivity contribution in [2.24, 2.45) is 0 Å². The Labute approximate surface area is 95.5 Å². The van der Waals surface area contributed by atoms with Gasteiger partial charge in [-0.05, 0) is 18.6 Å². The minimum atomic E-state index is -3.38. The number of ether oxygens (including phenoxy) is 1. The van der Waals surface area contributed by atoms with E-state index in [-0.39, 0.29) is 0 Å². The smallest absolute Gasteiger partial charge is 0.206 e. The second kappa shape index (κ2) is 4.53. The van der Waals surface area contributed by atoms with Crippen molar-refractivity contribution in [3.05, 3.63) is 29.8 Å². The predicted molar refractivity (Wildman–Crippen MR) is 61.0 cm³/mol. The second-order valence-electron chi connectivity index (χ2n) is 3.81. The Morgan fingerprint density at radius 1 is 1.38 bits per heavy atom. The van der Waals surface area contributed by atoms with E-state index in [0.29, 0.717) is 24.6 Å². The lowest BCUT2D eigenvalue weighted by Gasteiger charge is -2.24. The first kappa shape index (κ1) is 11.6. The number of hydrogen-bond acceptors (Lipinski definition) is 4. The summed E-state index contributed by atoms with van der Waals surface area (Å²) in [5, 5.41) is 3.03. The minimum absolute atomic E-state index is 0.358. The molecule has 1 heterocycles. The molecule has 4 nitrogen and oxygen atoms in total. The van der Waals surface area contributed by atoms with Crippen molar-refractivity contribution in [3.8, 4) is 0 Å². The molecular weight excluding hydrogens is 226 g/mol. The lowest BCUT2D eigenvalue weighted by atomic mass is 10.2. The first-order valence-corrected chi connectivity index (χ1v) is 6.79. The summed E-state index contributed by atoms with van der Waals surface area (Å²) in [7, 11) is -3.38. The van der Waals surface area contributed by atoms with Gasteiger partial charge in [0.05, 0.1) is 11.5 Å². The van der Waals surface area contributed by atoms with Gasteiger partial charge in [-0.15, -0.1) is 0 Å². The van der Waals surface area contributed by atoms with E-state index < -0.39 is 15.3 Å². The summed E-state index contributed by atoms with van der Waals surface area (Å²) in [6.45, 7) is 3.30. The number of aryl methyl sites for hydroxylation is 1. The molecule has 0 aromatic heterocycles. The molecule has 5 heteroatoms. The molecule has 0 aliphatic carbocycles. The fourth-order valence-corrected chi connectivity index (χ4v) is 3.44. The van der Waals surface area contributed by atoms with Crippen molar-refractivity contribution in [2.75, 3.05) is 19.7 Å². The molecule has 1 aliphatic heterocycles. The molecule has 1 unspecified atom stereocenters. The number of sulfone groups is 1. The van der Waals surface area contributed by atoms with Crippen molar-refractivity contribution < 1.29 is 13.2 Å². The van der Waals surface area contributed by atoms with Gasteiger partial charge in [0.25, 0.3) is 0 Å². The maximum atomic E-state index is 12.2. The largest absolute Gasteiger partial charge is 0.359 e. The molecule has 1 aliphatic rings. The third kappa shape index (κ3) is 2.11. The third-order valence-corrected chi connectivity index (χ3v) is 4.71. The molecule has 0 radical (unpaired) electrons. The van der Waals surface area contributed by atoms with E-state index in [1.54, 1.807) is 25.1 Å². The molecule has 2 rings (SSSR count). The summed E-state index contributed by atoms with van der Waals surface area (Å²) < 4.78 is 29.8. The monoisotopic (exact) mass is 241 g/mol. The average molecular weight is 241 g/mol. The molecular formula is C11H15NO3S. The summed E-state index contributed by atoms with van der Waals surface area (Å²) in [5.74, 6) is 0. The van der Waals surface area contributed by atoms with Crippen molar-refractivity contribution in [2.45, 2.75) is 17.3 Å². The second-order valence-corrected chi connectivity index (χ2v) is 5.87. The summed E-state index contributed by atoms with van der Waals surface area (Å²) in [4.78, 5) is 0.365. The first-order chi connectivity index (χ1) is 7.62. The molecule has 1 saturated heterocycles. The van der Waals surface area contributed by atoms with Crippen LogP contribution in [0.1, 0.15) is 5.56 Å². The Hall–Kier alpha value is -0.910. The van der Waals surface area contributed by atoms with Gasteiger partial charge in [-0.3, -0.25) is 0 Å². The molecule has 1 atom stereocenters.